The van der Waals surface area contributed by atoms with Gasteiger partial charge in [-0.15, -0.1) is 0 Å². The highest BCUT2D eigenvalue weighted by molar-refractivity contribution is 6.30. The number of hydrazone groups is 1. The van der Waals surface area contributed by atoms with Crippen LogP contribution in [0.4, 0.5) is 5.69 Å². The smallest absolute Gasteiger partial charge is 0.319 e. The van der Waals surface area contributed by atoms with Crippen molar-refractivity contribution >= 4 is 34.9 Å². The second-order valence-corrected chi connectivity index (χ2v) is 6.95. The number of ether oxygens (including phenoxy) is 1. The lowest BCUT2D eigenvalue weighted by molar-refractivity contribution is -0.148. The molecule has 1 aliphatic heterocycles. The van der Waals surface area contributed by atoms with Crippen molar-refractivity contribution in [2.75, 3.05) is 25.5 Å². The van der Waals surface area contributed by atoms with Crippen LogP contribution in [0, 0.1) is 5.41 Å². The highest BCUT2D eigenvalue weighted by Crippen LogP contribution is 2.32. The maximum atomic E-state index is 12.5. The van der Waals surface area contributed by atoms with E-state index in [9.17, 15) is 9.59 Å². The summed E-state index contributed by atoms with van der Waals surface area (Å²) in [7, 11) is 1.35. The first-order valence-electron chi connectivity index (χ1n) is 8.45. The van der Waals surface area contributed by atoms with Gasteiger partial charge in [0.05, 0.1) is 19.4 Å². The minimum atomic E-state index is -0.977. The van der Waals surface area contributed by atoms with Gasteiger partial charge in [-0.2, -0.15) is 5.10 Å². The molecule has 0 radical (unpaired) electrons. The number of halogens is 1. The Morgan fingerprint density at radius 1 is 1.19 bits per heavy atom. The zero-order valence-electron chi connectivity index (χ0n) is 15.1. The van der Waals surface area contributed by atoms with Gasteiger partial charge >= 0.3 is 5.97 Å². The van der Waals surface area contributed by atoms with Crippen LogP contribution >= 0.6 is 11.6 Å². The number of carbonyl (C=O) groups excluding carboxylic acids is 2. The van der Waals surface area contributed by atoms with E-state index >= 15 is 0 Å². The summed E-state index contributed by atoms with van der Waals surface area (Å²) in [5.74, 6) is -0.614. The van der Waals surface area contributed by atoms with Gasteiger partial charge in [-0.25, -0.2) is 0 Å². The van der Waals surface area contributed by atoms with E-state index in [4.69, 9.17) is 16.3 Å². The number of nitrogens with one attached hydrogen (secondary N) is 1. The van der Waals surface area contributed by atoms with Crippen molar-refractivity contribution in [3.63, 3.8) is 0 Å². The van der Waals surface area contributed by atoms with Crippen LogP contribution in [0.2, 0.25) is 5.02 Å². The molecule has 1 atom stereocenters. The third-order valence-corrected chi connectivity index (χ3v) is 4.65. The number of carbonyl (C=O) groups is 2. The summed E-state index contributed by atoms with van der Waals surface area (Å²) in [5, 5.41) is 9.53. The fourth-order valence-electron chi connectivity index (χ4n) is 3.08. The highest BCUT2D eigenvalue weighted by Gasteiger charge is 2.47. The molecular weight excluding hydrogens is 366 g/mol. The summed E-state index contributed by atoms with van der Waals surface area (Å²) >= 11 is 5.96. The maximum Gasteiger partial charge on any atom is 0.319 e. The molecule has 1 unspecified atom stereocenters. The van der Waals surface area contributed by atoms with Gasteiger partial charge in [0.15, 0.2) is 0 Å². The first kappa shape index (κ1) is 18.9. The summed E-state index contributed by atoms with van der Waals surface area (Å²) in [6.07, 6.45) is 0. The molecule has 0 fully saturated rings. The largest absolute Gasteiger partial charge is 0.468 e. The molecule has 3 rings (SSSR count). The SMILES string of the molecule is COC(=O)C1(C)CN(CC(=O)Nc2ccccc2)N=C1c1ccc(Cl)cc1. The fourth-order valence-corrected chi connectivity index (χ4v) is 3.20. The van der Waals surface area contributed by atoms with Gasteiger partial charge in [-0.3, -0.25) is 14.6 Å². The van der Waals surface area contributed by atoms with Gasteiger partial charge in [0, 0.05) is 10.7 Å². The van der Waals surface area contributed by atoms with Crippen molar-refractivity contribution in [2.24, 2.45) is 10.5 Å². The summed E-state index contributed by atoms with van der Waals surface area (Å²) in [5.41, 5.74) is 1.05. The van der Waals surface area contributed by atoms with E-state index in [2.05, 4.69) is 10.4 Å². The van der Waals surface area contributed by atoms with Crippen molar-refractivity contribution in [3.05, 3.63) is 65.2 Å². The molecule has 0 spiro atoms. The molecule has 1 aliphatic rings. The molecule has 1 amide bonds. The molecule has 7 heteroatoms. The zero-order valence-corrected chi connectivity index (χ0v) is 15.9. The number of rotatable bonds is 5. The lowest BCUT2D eigenvalue weighted by Crippen LogP contribution is -2.41. The Balaban J connectivity index is 1.81. The van der Waals surface area contributed by atoms with Crippen LogP contribution in [0.5, 0.6) is 0 Å². The third-order valence-electron chi connectivity index (χ3n) is 4.40. The summed E-state index contributed by atoms with van der Waals surface area (Å²) in [6.45, 7) is 2.04. The van der Waals surface area contributed by atoms with Crippen LogP contribution in [0.15, 0.2) is 59.7 Å². The summed E-state index contributed by atoms with van der Waals surface area (Å²) in [6, 6.07) is 16.3. The minimum Gasteiger partial charge on any atom is -0.468 e. The molecule has 0 saturated carbocycles. The lowest BCUT2D eigenvalue weighted by Gasteiger charge is -2.23. The molecule has 2 aromatic carbocycles. The van der Waals surface area contributed by atoms with Gasteiger partial charge in [-0.05, 0) is 36.8 Å². The number of anilines is 1. The Kier molecular flexibility index (Phi) is 5.46. The molecule has 2 aromatic rings. The van der Waals surface area contributed by atoms with Gasteiger partial charge in [0.2, 0.25) is 5.91 Å². The standard InChI is InChI=1S/C20H20ClN3O3/c1-20(19(26)27-2)13-24(12-17(25)22-16-6-4-3-5-7-16)23-18(20)14-8-10-15(21)11-9-14/h3-11H,12-13H2,1-2H3,(H,22,25). The second-order valence-electron chi connectivity index (χ2n) is 6.52. The lowest BCUT2D eigenvalue weighted by atomic mass is 9.82. The molecule has 6 nitrogen and oxygen atoms in total. The molecule has 0 aromatic heterocycles. The van der Waals surface area contributed by atoms with E-state index in [-0.39, 0.29) is 19.0 Å². The van der Waals surface area contributed by atoms with E-state index in [0.717, 1.165) is 5.56 Å². The Labute approximate surface area is 162 Å². The summed E-state index contributed by atoms with van der Waals surface area (Å²) in [4.78, 5) is 24.8. The van der Waals surface area contributed by atoms with Crippen LogP contribution in [0.1, 0.15) is 12.5 Å². The van der Waals surface area contributed by atoms with Crippen LogP contribution in [-0.2, 0) is 14.3 Å². The predicted octanol–water partition coefficient (Wildman–Crippen LogP) is 3.18. The van der Waals surface area contributed by atoms with E-state index in [1.54, 1.807) is 36.2 Å². The first-order valence-corrected chi connectivity index (χ1v) is 8.83. The molecule has 0 bridgehead atoms. The van der Waals surface area contributed by atoms with Gasteiger partial charge < -0.3 is 10.1 Å². The molecule has 27 heavy (non-hydrogen) atoms. The van der Waals surface area contributed by atoms with Crippen molar-refractivity contribution in [3.8, 4) is 0 Å². The number of esters is 1. The topological polar surface area (TPSA) is 71.0 Å². The third kappa shape index (κ3) is 4.11. The van der Waals surface area contributed by atoms with Gasteiger partial charge in [-0.1, -0.05) is 41.9 Å². The molecular formula is C20H20ClN3O3. The second kappa shape index (κ2) is 7.80. The quantitative estimate of drug-likeness (QED) is 0.802. The average Bonchev–Trinajstić information content (AvgIpc) is 2.99. The summed E-state index contributed by atoms with van der Waals surface area (Å²) < 4.78 is 4.99. The Morgan fingerprint density at radius 3 is 2.48 bits per heavy atom. The zero-order chi connectivity index (χ0) is 19.4. The molecule has 0 saturated heterocycles. The minimum absolute atomic E-state index is 0.0264. The van der Waals surface area contributed by atoms with Crippen LogP contribution in [-0.4, -0.2) is 42.8 Å². The van der Waals surface area contributed by atoms with Crippen molar-refractivity contribution in [1.82, 2.24) is 5.01 Å². The Bertz CT molecular complexity index is 868. The molecule has 1 N–H and O–H groups in total. The average molecular weight is 386 g/mol. The number of benzene rings is 2. The van der Waals surface area contributed by atoms with Crippen molar-refractivity contribution in [1.29, 1.82) is 0 Å². The van der Waals surface area contributed by atoms with Gasteiger partial charge in [0.25, 0.3) is 0 Å². The predicted molar refractivity (Wildman–Crippen MR) is 105 cm³/mol. The molecule has 1 heterocycles. The first-order chi connectivity index (χ1) is 12.9. The fraction of sp³-hybridized carbons (Fsp3) is 0.250. The monoisotopic (exact) mass is 385 g/mol. The number of amides is 1. The Hall–Kier alpha value is -2.86. The van der Waals surface area contributed by atoms with Crippen molar-refractivity contribution in [2.45, 2.75) is 6.92 Å². The Morgan fingerprint density at radius 2 is 1.85 bits per heavy atom. The van der Waals surface area contributed by atoms with E-state index in [1.807, 2.05) is 30.3 Å². The van der Waals surface area contributed by atoms with Crippen LogP contribution in [0.25, 0.3) is 0 Å². The highest BCUT2D eigenvalue weighted by atomic mass is 35.5. The maximum absolute atomic E-state index is 12.5. The van der Waals surface area contributed by atoms with Crippen LogP contribution < -0.4 is 5.32 Å². The number of para-hydroxylation sites is 1. The van der Waals surface area contributed by atoms with Crippen LogP contribution in [0.3, 0.4) is 0 Å². The van der Waals surface area contributed by atoms with E-state index in [1.165, 1.54) is 7.11 Å². The number of nitrogens with zero attached hydrogens (tertiary/aromatic N) is 2. The molecule has 140 valence electrons. The van der Waals surface area contributed by atoms with Gasteiger partial charge in [0.1, 0.15) is 12.0 Å². The normalized spacial score (nSPS) is 18.8. The number of methoxy groups -OCH3 is 1. The molecule has 0 aliphatic carbocycles. The van der Waals surface area contributed by atoms with Crippen molar-refractivity contribution < 1.29 is 14.3 Å². The van der Waals surface area contributed by atoms with E-state index < -0.39 is 11.4 Å². The number of hydrogen-bond donors (Lipinski definition) is 1. The number of hydrogen-bond acceptors (Lipinski definition) is 5. The van der Waals surface area contributed by atoms with E-state index in [0.29, 0.717) is 16.4 Å².